The summed E-state index contributed by atoms with van der Waals surface area (Å²) in [6, 6.07) is 1.83. The summed E-state index contributed by atoms with van der Waals surface area (Å²) in [5, 5.41) is 11.4. The maximum absolute atomic E-state index is 13.2. The van der Waals surface area contributed by atoms with E-state index in [1.54, 1.807) is 7.05 Å². The lowest BCUT2D eigenvalue weighted by Crippen LogP contribution is -2.06. The Kier molecular flexibility index (Phi) is 4.61. The second-order valence-electron chi connectivity index (χ2n) is 3.28. The maximum Gasteiger partial charge on any atom is 0.341 e. The van der Waals surface area contributed by atoms with Crippen molar-refractivity contribution in [1.82, 2.24) is 5.32 Å². The molecule has 0 saturated carbocycles. The van der Waals surface area contributed by atoms with Crippen LogP contribution in [0.3, 0.4) is 0 Å². The topological polar surface area (TPSA) is 49.3 Å². The summed E-state index contributed by atoms with van der Waals surface area (Å²) >= 11 is 0. The van der Waals surface area contributed by atoms with E-state index >= 15 is 0 Å². The molecule has 0 amide bonds. The van der Waals surface area contributed by atoms with Crippen molar-refractivity contribution >= 4 is 5.97 Å². The molecule has 0 radical (unpaired) electrons. The fourth-order valence-corrected chi connectivity index (χ4v) is 1.20. The lowest BCUT2D eigenvalue weighted by molar-refractivity contribution is 0.0686. The third-order valence-corrected chi connectivity index (χ3v) is 1.99. The van der Waals surface area contributed by atoms with Crippen molar-refractivity contribution in [3.63, 3.8) is 0 Å². The maximum atomic E-state index is 13.2. The monoisotopic (exact) mass is 239 g/mol. The van der Waals surface area contributed by atoms with Gasteiger partial charge in [0, 0.05) is 18.5 Å². The fraction of sp³-hybridized carbons (Fsp3) is 0.250. The highest BCUT2D eigenvalue weighted by Crippen LogP contribution is 2.14. The SMILES string of the molecule is CNCCC#Cc1cc(F)c(C(=O)O)c(F)c1. The molecule has 1 aromatic rings. The number of carboxylic acid groups (broad SMARTS) is 1. The summed E-state index contributed by atoms with van der Waals surface area (Å²) in [4.78, 5) is 10.5. The number of rotatable bonds is 3. The first-order valence-corrected chi connectivity index (χ1v) is 4.92. The van der Waals surface area contributed by atoms with Gasteiger partial charge in [-0.2, -0.15) is 0 Å². The number of carboxylic acids is 1. The van der Waals surface area contributed by atoms with Crippen LogP contribution < -0.4 is 5.32 Å². The number of aromatic carboxylic acids is 1. The van der Waals surface area contributed by atoms with Crippen molar-refractivity contribution < 1.29 is 18.7 Å². The molecule has 0 bridgehead atoms. The van der Waals surface area contributed by atoms with Gasteiger partial charge in [-0.1, -0.05) is 11.8 Å². The van der Waals surface area contributed by atoms with Crippen molar-refractivity contribution in [2.75, 3.05) is 13.6 Å². The van der Waals surface area contributed by atoms with Gasteiger partial charge in [-0.15, -0.1) is 0 Å². The average Bonchev–Trinajstić information content (AvgIpc) is 2.23. The molecule has 0 spiro atoms. The van der Waals surface area contributed by atoms with Gasteiger partial charge in [0.25, 0.3) is 0 Å². The number of hydrogen-bond donors (Lipinski definition) is 2. The van der Waals surface area contributed by atoms with Crippen LogP contribution in [0.2, 0.25) is 0 Å². The molecule has 0 unspecified atom stereocenters. The third kappa shape index (κ3) is 3.54. The Morgan fingerprint density at radius 1 is 1.41 bits per heavy atom. The van der Waals surface area contributed by atoms with Gasteiger partial charge in [0.2, 0.25) is 0 Å². The van der Waals surface area contributed by atoms with E-state index in [-0.39, 0.29) is 5.56 Å². The van der Waals surface area contributed by atoms with Crippen LogP contribution >= 0.6 is 0 Å². The average molecular weight is 239 g/mol. The fourth-order valence-electron chi connectivity index (χ4n) is 1.20. The molecule has 1 rings (SSSR count). The number of hydrogen-bond acceptors (Lipinski definition) is 2. The predicted molar refractivity (Wildman–Crippen MR) is 58.7 cm³/mol. The van der Waals surface area contributed by atoms with Gasteiger partial charge >= 0.3 is 5.97 Å². The van der Waals surface area contributed by atoms with Crippen LogP contribution in [0.15, 0.2) is 12.1 Å². The van der Waals surface area contributed by atoms with Gasteiger partial charge in [-0.25, -0.2) is 13.6 Å². The molecule has 0 aliphatic rings. The molecular formula is C12H11F2NO2. The predicted octanol–water partition coefficient (Wildman–Crippen LogP) is 1.62. The Hall–Kier alpha value is -1.93. The highest BCUT2D eigenvalue weighted by atomic mass is 19.1. The molecule has 90 valence electrons. The van der Waals surface area contributed by atoms with Crippen LogP contribution in [0.25, 0.3) is 0 Å². The highest BCUT2D eigenvalue weighted by molar-refractivity contribution is 5.88. The molecule has 0 saturated heterocycles. The first-order valence-electron chi connectivity index (χ1n) is 4.92. The molecule has 0 aromatic heterocycles. The lowest BCUT2D eigenvalue weighted by Gasteiger charge is -2.00. The zero-order valence-corrected chi connectivity index (χ0v) is 9.18. The molecule has 3 nitrogen and oxygen atoms in total. The molecule has 5 heteroatoms. The zero-order chi connectivity index (χ0) is 12.8. The largest absolute Gasteiger partial charge is 0.477 e. The second kappa shape index (κ2) is 5.97. The minimum Gasteiger partial charge on any atom is -0.477 e. The molecule has 0 aliphatic heterocycles. The van der Waals surface area contributed by atoms with E-state index in [9.17, 15) is 13.6 Å². The summed E-state index contributed by atoms with van der Waals surface area (Å²) in [5.74, 6) is 1.42. The van der Waals surface area contributed by atoms with Gasteiger partial charge in [0.15, 0.2) is 0 Å². The number of nitrogens with one attached hydrogen (secondary N) is 1. The van der Waals surface area contributed by atoms with Gasteiger partial charge in [0.05, 0.1) is 0 Å². The Morgan fingerprint density at radius 3 is 2.47 bits per heavy atom. The van der Waals surface area contributed by atoms with Crippen LogP contribution in [0.4, 0.5) is 8.78 Å². The second-order valence-corrected chi connectivity index (χ2v) is 3.28. The molecule has 1 aromatic carbocycles. The first kappa shape index (κ1) is 13.1. The van der Waals surface area contributed by atoms with Gasteiger partial charge in [-0.05, 0) is 19.2 Å². The third-order valence-electron chi connectivity index (χ3n) is 1.99. The van der Waals surface area contributed by atoms with E-state index in [0.29, 0.717) is 13.0 Å². The first-order chi connectivity index (χ1) is 8.06. The van der Waals surface area contributed by atoms with Crippen LogP contribution in [-0.2, 0) is 0 Å². The molecule has 0 heterocycles. The Bertz CT molecular complexity index is 466. The van der Waals surface area contributed by atoms with Gasteiger partial charge < -0.3 is 10.4 Å². The van der Waals surface area contributed by atoms with E-state index in [1.165, 1.54) is 0 Å². The van der Waals surface area contributed by atoms with Crippen LogP contribution in [-0.4, -0.2) is 24.7 Å². The van der Waals surface area contributed by atoms with Crippen molar-refractivity contribution in [2.24, 2.45) is 0 Å². The van der Waals surface area contributed by atoms with Crippen LogP contribution in [0.1, 0.15) is 22.3 Å². The van der Waals surface area contributed by atoms with E-state index in [1.807, 2.05) is 0 Å². The highest BCUT2D eigenvalue weighted by Gasteiger charge is 2.16. The molecule has 0 fully saturated rings. The van der Waals surface area contributed by atoms with Crippen LogP contribution in [0.5, 0.6) is 0 Å². The van der Waals surface area contributed by atoms with E-state index in [2.05, 4.69) is 17.2 Å². The van der Waals surface area contributed by atoms with Crippen molar-refractivity contribution in [2.45, 2.75) is 6.42 Å². The van der Waals surface area contributed by atoms with Crippen molar-refractivity contribution in [3.8, 4) is 11.8 Å². The van der Waals surface area contributed by atoms with Gasteiger partial charge in [-0.3, -0.25) is 0 Å². The lowest BCUT2D eigenvalue weighted by atomic mass is 10.1. The molecule has 2 N–H and O–H groups in total. The zero-order valence-electron chi connectivity index (χ0n) is 9.18. The normalized spacial score (nSPS) is 9.59. The van der Waals surface area contributed by atoms with Crippen molar-refractivity contribution in [3.05, 3.63) is 34.9 Å². The summed E-state index contributed by atoms with van der Waals surface area (Å²) in [6.45, 7) is 0.672. The smallest absolute Gasteiger partial charge is 0.341 e. The van der Waals surface area contributed by atoms with Gasteiger partial charge in [0.1, 0.15) is 17.2 Å². The Labute approximate surface area is 97.5 Å². The van der Waals surface area contributed by atoms with Crippen molar-refractivity contribution in [1.29, 1.82) is 0 Å². The molecule has 0 aliphatic carbocycles. The number of carbonyl (C=O) groups is 1. The summed E-state index contributed by atoms with van der Waals surface area (Å²) < 4.78 is 26.5. The number of benzene rings is 1. The van der Waals surface area contributed by atoms with Crippen LogP contribution in [0, 0.1) is 23.5 Å². The number of halogens is 2. The standard InChI is InChI=1S/C12H11F2NO2/c1-15-5-3-2-4-8-6-9(13)11(12(16)17)10(14)7-8/h6-7,15H,3,5H2,1H3,(H,16,17). The molecule has 0 atom stereocenters. The summed E-state index contributed by atoms with van der Waals surface area (Å²) in [7, 11) is 1.77. The quantitative estimate of drug-likeness (QED) is 0.622. The van der Waals surface area contributed by atoms with E-state index < -0.39 is 23.2 Å². The minimum absolute atomic E-state index is 0.126. The summed E-state index contributed by atoms with van der Waals surface area (Å²) in [6.07, 6.45) is 0.542. The van der Waals surface area contributed by atoms with E-state index in [4.69, 9.17) is 5.11 Å². The Morgan fingerprint density at radius 2 is 2.00 bits per heavy atom. The Balaban J connectivity index is 2.97. The summed E-state index contributed by atoms with van der Waals surface area (Å²) in [5.41, 5.74) is -0.827. The minimum atomic E-state index is -1.63. The molecule has 17 heavy (non-hydrogen) atoms. The molecular weight excluding hydrogens is 228 g/mol. The van der Waals surface area contributed by atoms with E-state index in [0.717, 1.165) is 12.1 Å².